The Morgan fingerprint density at radius 2 is 1.75 bits per heavy atom. The molecule has 2 heterocycles. The highest BCUT2D eigenvalue weighted by atomic mass is 35.5. The predicted octanol–water partition coefficient (Wildman–Crippen LogP) is 6.26. The van der Waals surface area contributed by atoms with Gasteiger partial charge in [0.25, 0.3) is 0 Å². The Labute approximate surface area is 197 Å². The number of nitrogens with zero attached hydrogens (tertiary/aromatic N) is 2. The zero-order chi connectivity index (χ0) is 23.7. The van der Waals surface area contributed by atoms with Crippen molar-refractivity contribution in [2.45, 2.75) is 70.4 Å². The summed E-state index contributed by atoms with van der Waals surface area (Å²) >= 11 is 11.6. The first-order valence-corrected chi connectivity index (χ1v) is 11.2. The molecule has 4 nitrogen and oxygen atoms in total. The van der Waals surface area contributed by atoms with E-state index in [1.807, 2.05) is 12.1 Å². The number of alkyl halides is 3. The highest BCUT2D eigenvalue weighted by Crippen LogP contribution is 2.36. The SMILES string of the molecule is CC1(C)CC(N(Cc2ccncc2)C(=S)Nc2ccc(C(F)(F)F)c(Cl)c2)CC(C)(C)N1. The van der Waals surface area contributed by atoms with Gasteiger partial charge in [0.05, 0.1) is 10.6 Å². The van der Waals surface area contributed by atoms with Crippen molar-refractivity contribution in [1.82, 2.24) is 15.2 Å². The van der Waals surface area contributed by atoms with Crippen molar-refractivity contribution >= 4 is 34.6 Å². The van der Waals surface area contributed by atoms with E-state index >= 15 is 0 Å². The van der Waals surface area contributed by atoms with Gasteiger partial charge in [0.2, 0.25) is 0 Å². The van der Waals surface area contributed by atoms with Crippen molar-refractivity contribution in [3.63, 3.8) is 0 Å². The number of benzene rings is 1. The molecule has 0 bridgehead atoms. The molecule has 1 aliphatic rings. The quantitative estimate of drug-likeness (QED) is 0.501. The molecule has 0 spiro atoms. The normalized spacial score (nSPS) is 18.2. The fourth-order valence-corrected chi connectivity index (χ4v) is 5.18. The first-order valence-electron chi connectivity index (χ1n) is 10.4. The minimum absolute atomic E-state index is 0.101. The molecule has 1 aromatic carbocycles. The number of hydrogen-bond donors (Lipinski definition) is 2. The first kappa shape index (κ1) is 24.7. The van der Waals surface area contributed by atoms with Crippen molar-refractivity contribution in [3.8, 4) is 0 Å². The van der Waals surface area contributed by atoms with Gasteiger partial charge in [-0.3, -0.25) is 4.98 Å². The van der Waals surface area contributed by atoms with E-state index in [1.165, 1.54) is 12.1 Å². The van der Waals surface area contributed by atoms with Crippen molar-refractivity contribution in [2.75, 3.05) is 5.32 Å². The monoisotopic (exact) mass is 484 g/mol. The molecule has 0 unspecified atom stereocenters. The van der Waals surface area contributed by atoms with Gasteiger partial charge in [-0.05, 0) is 88.6 Å². The van der Waals surface area contributed by atoms with Crippen LogP contribution in [0, 0.1) is 0 Å². The summed E-state index contributed by atoms with van der Waals surface area (Å²) in [6, 6.07) is 7.57. The highest BCUT2D eigenvalue weighted by Gasteiger charge is 2.40. The topological polar surface area (TPSA) is 40.2 Å². The summed E-state index contributed by atoms with van der Waals surface area (Å²) in [5.41, 5.74) is 0.391. The third-order valence-corrected chi connectivity index (χ3v) is 6.15. The summed E-state index contributed by atoms with van der Waals surface area (Å²) in [7, 11) is 0. The maximum atomic E-state index is 13.1. The number of pyridine rings is 1. The number of anilines is 1. The largest absolute Gasteiger partial charge is 0.417 e. The van der Waals surface area contributed by atoms with Crippen LogP contribution in [0.25, 0.3) is 0 Å². The molecule has 0 aliphatic carbocycles. The summed E-state index contributed by atoms with van der Waals surface area (Å²) in [4.78, 5) is 6.19. The molecule has 0 amide bonds. The fraction of sp³-hybridized carbons (Fsp3) is 0.478. The Balaban J connectivity index is 1.88. The third kappa shape index (κ3) is 6.33. The van der Waals surface area contributed by atoms with Gasteiger partial charge in [0.15, 0.2) is 5.11 Å². The molecule has 0 radical (unpaired) electrons. The summed E-state index contributed by atoms with van der Waals surface area (Å²) < 4.78 is 39.2. The van der Waals surface area contributed by atoms with Crippen LogP contribution in [0.5, 0.6) is 0 Å². The van der Waals surface area contributed by atoms with Gasteiger partial charge in [-0.25, -0.2) is 0 Å². The van der Waals surface area contributed by atoms with E-state index in [1.54, 1.807) is 12.4 Å². The minimum Gasteiger partial charge on any atom is -0.342 e. The van der Waals surface area contributed by atoms with Crippen LogP contribution in [0.2, 0.25) is 5.02 Å². The van der Waals surface area contributed by atoms with Crippen LogP contribution in [0.4, 0.5) is 18.9 Å². The predicted molar refractivity (Wildman–Crippen MR) is 127 cm³/mol. The second-order valence-corrected chi connectivity index (χ2v) is 10.4. The number of nitrogens with one attached hydrogen (secondary N) is 2. The van der Waals surface area contributed by atoms with Crippen LogP contribution in [-0.2, 0) is 12.7 Å². The Bertz CT molecular complexity index is 947. The van der Waals surface area contributed by atoms with Gasteiger partial charge >= 0.3 is 6.18 Å². The molecule has 0 atom stereocenters. The molecule has 3 rings (SSSR count). The lowest BCUT2D eigenvalue weighted by atomic mass is 9.79. The molecule has 1 fully saturated rings. The number of piperidine rings is 1. The maximum absolute atomic E-state index is 13.1. The standard InChI is InChI=1S/C23H28ClF3N4S/c1-21(2)12-17(13-22(3,4)30-21)31(14-15-7-9-28-10-8-15)20(32)29-16-5-6-18(19(24)11-16)23(25,26)27/h5-11,17,30H,12-14H2,1-4H3,(H,29,32). The van der Waals surface area contributed by atoms with E-state index in [0.717, 1.165) is 24.5 Å². The summed E-state index contributed by atoms with van der Waals surface area (Å²) in [6.07, 6.45) is 0.676. The summed E-state index contributed by atoms with van der Waals surface area (Å²) in [5, 5.41) is 6.85. The van der Waals surface area contributed by atoms with Crippen LogP contribution in [0.15, 0.2) is 42.7 Å². The maximum Gasteiger partial charge on any atom is 0.417 e. The van der Waals surface area contributed by atoms with Gasteiger partial charge in [0.1, 0.15) is 0 Å². The zero-order valence-electron chi connectivity index (χ0n) is 18.6. The van der Waals surface area contributed by atoms with E-state index < -0.39 is 11.7 Å². The average molecular weight is 485 g/mol. The second kappa shape index (κ2) is 9.15. The van der Waals surface area contributed by atoms with Crippen LogP contribution >= 0.6 is 23.8 Å². The highest BCUT2D eigenvalue weighted by molar-refractivity contribution is 7.80. The lowest BCUT2D eigenvalue weighted by Crippen LogP contribution is -2.63. The first-order chi connectivity index (χ1) is 14.8. The molecule has 1 aromatic heterocycles. The molecular weight excluding hydrogens is 457 g/mol. The Morgan fingerprint density at radius 1 is 1.16 bits per heavy atom. The van der Waals surface area contributed by atoms with Crippen molar-refractivity contribution < 1.29 is 13.2 Å². The second-order valence-electron chi connectivity index (χ2n) is 9.56. The Kier molecular flexibility index (Phi) is 7.08. The lowest BCUT2D eigenvalue weighted by Gasteiger charge is -2.50. The molecule has 9 heteroatoms. The van der Waals surface area contributed by atoms with Gasteiger partial charge in [-0.15, -0.1) is 0 Å². The van der Waals surface area contributed by atoms with Gasteiger partial charge in [-0.1, -0.05) is 11.6 Å². The third-order valence-electron chi connectivity index (χ3n) is 5.50. The van der Waals surface area contributed by atoms with Crippen LogP contribution in [-0.4, -0.2) is 32.1 Å². The molecule has 174 valence electrons. The molecular formula is C23H28ClF3N4S. The lowest BCUT2D eigenvalue weighted by molar-refractivity contribution is -0.137. The van der Waals surface area contributed by atoms with E-state index in [-0.39, 0.29) is 22.1 Å². The van der Waals surface area contributed by atoms with Crippen molar-refractivity contribution in [2.24, 2.45) is 0 Å². The van der Waals surface area contributed by atoms with Crippen molar-refractivity contribution in [1.29, 1.82) is 0 Å². The Hall–Kier alpha value is -1.90. The zero-order valence-corrected chi connectivity index (χ0v) is 20.1. The number of halogens is 4. The van der Waals surface area contributed by atoms with Crippen LogP contribution in [0.1, 0.15) is 51.7 Å². The number of thiocarbonyl (C=S) groups is 1. The van der Waals surface area contributed by atoms with E-state index in [0.29, 0.717) is 17.3 Å². The fourth-order valence-electron chi connectivity index (χ4n) is 4.56. The Morgan fingerprint density at radius 3 is 2.28 bits per heavy atom. The van der Waals surface area contributed by atoms with Crippen molar-refractivity contribution in [3.05, 3.63) is 58.9 Å². The number of aromatic nitrogens is 1. The molecule has 2 N–H and O–H groups in total. The van der Waals surface area contributed by atoms with E-state index in [4.69, 9.17) is 23.8 Å². The number of rotatable bonds is 4. The summed E-state index contributed by atoms with van der Waals surface area (Å²) in [6.45, 7) is 9.21. The molecule has 32 heavy (non-hydrogen) atoms. The van der Waals surface area contributed by atoms with Crippen LogP contribution < -0.4 is 10.6 Å². The molecule has 1 aliphatic heterocycles. The summed E-state index contributed by atoms with van der Waals surface area (Å²) in [5.74, 6) is 0. The number of hydrogen-bond acceptors (Lipinski definition) is 3. The smallest absolute Gasteiger partial charge is 0.342 e. The van der Waals surface area contributed by atoms with Gasteiger partial charge in [0, 0.05) is 41.7 Å². The molecule has 1 saturated heterocycles. The minimum atomic E-state index is -4.50. The average Bonchev–Trinajstić information content (AvgIpc) is 2.63. The molecule has 0 saturated carbocycles. The van der Waals surface area contributed by atoms with E-state index in [9.17, 15) is 13.2 Å². The van der Waals surface area contributed by atoms with Crippen LogP contribution in [0.3, 0.4) is 0 Å². The van der Waals surface area contributed by atoms with E-state index in [2.05, 4.69) is 48.2 Å². The van der Waals surface area contributed by atoms with Gasteiger partial charge < -0.3 is 15.5 Å². The molecule has 2 aromatic rings. The van der Waals surface area contributed by atoms with Gasteiger partial charge in [-0.2, -0.15) is 13.2 Å².